The molecule has 7 heteroatoms. The van der Waals surface area contributed by atoms with E-state index in [4.69, 9.17) is 4.74 Å². The van der Waals surface area contributed by atoms with Crippen LogP contribution >= 0.6 is 0 Å². The van der Waals surface area contributed by atoms with Crippen LogP contribution in [0.4, 0.5) is 5.69 Å². The lowest BCUT2D eigenvalue weighted by Crippen LogP contribution is -2.50. The maximum Gasteiger partial charge on any atom is 0.330 e. The van der Waals surface area contributed by atoms with E-state index in [1.165, 1.54) is 0 Å². The lowest BCUT2D eigenvalue weighted by Gasteiger charge is -2.28. The SMILES string of the molecule is Cc1cccc(C)c1NC(=O)COC(=O)[C@H](C(C)C)N1C(=O)[C@H]2[C@H](C1=O)[C@H]1C=C[C@H]2C1. The number of likely N-dealkylation sites (tertiary alicyclic amines) is 1. The van der Waals surface area contributed by atoms with E-state index in [0.29, 0.717) is 5.69 Å². The number of rotatable bonds is 6. The van der Waals surface area contributed by atoms with Gasteiger partial charge in [0.2, 0.25) is 11.8 Å². The minimum atomic E-state index is -1.03. The predicted molar refractivity (Wildman–Crippen MR) is 114 cm³/mol. The smallest absolute Gasteiger partial charge is 0.330 e. The molecule has 3 aliphatic rings. The van der Waals surface area contributed by atoms with Crippen LogP contribution in [-0.2, 0) is 23.9 Å². The molecule has 1 saturated heterocycles. The number of para-hydroxylation sites is 1. The molecule has 4 rings (SSSR count). The monoisotopic (exact) mass is 424 g/mol. The third kappa shape index (κ3) is 3.56. The first kappa shape index (κ1) is 21.3. The fourth-order valence-electron chi connectivity index (χ4n) is 5.28. The van der Waals surface area contributed by atoms with Gasteiger partial charge < -0.3 is 10.1 Å². The number of aryl methyl sites for hydroxylation is 2. The molecule has 0 aromatic heterocycles. The number of carbonyl (C=O) groups excluding carboxylic acids is 4. The van der Waals surface area contributed by atoms with Gasteiger partial charge >= 0.3 is 5.97 Å². The summed E-state index contributed by atoms with van der Waals surface area (Å²) in [5.74, 6) is -2.70. The van der Waals surface area contributed by atoms with E-state index in [0.717, 1.165) is 22.4 Å². The molecule has 3 amide bonds. The van der Waals surface area contributed by atoms with Crippen molar-refractivity contribution in [2.75, 3.05) is 11.9 Å². The molecule has 7 nitrogen and oxygen atoms in total. The van der Waals surface area contributed by atoms with E-state index in [-0.39, 0.29) is 41.4 Å². The van der Waals surface area contributed by atoms with Gasteiger partial charge in [-0.1, -0.05) is 44.2 Å². The molecule has 2 fully saturated rings. The molecule has 1 aromatic carbocycles. The maximum absolute atomic E-state index is 13.1. The Kier molecular flexibility index (Phi) is 5.45. The third-order valence-corrected chi connectivity index (χ3v) is 6.75. The number of benzene rings is 1. The highest BCUT2D eigenvalue weighted by Crippen LogP contribution is 2.53. The average Bonchev–Trinajstić information content (AvgIpc) is 3.39. The van der Waals surface area contributed by atoms with Gasteiger partial charge in [-0.3, -0.25) is 19.3 Å². The highest BCUT2D eigenvalue weighted by Gasteiger charge is 2.61. The summed E-state index contributed by atoms with van der Waals surface area (Å²) in [7, 11) is 0. The molecule has 31 heavy (non-hydrogen) atoms. The van der Waals surface area contributed by atoms with Crippen molar-refractivity contribution in [2.24, 2.45) is 29.6 Å². The molecular formula is C24H28N2O5. The maximum atomic E-state index is 13.1. The van der Waals surface area contributed by atoms with E-state index >= 15 is 0 Å². The van der Waals surface area contributed by atoms with Crippen LogP contribution in [0.1, 0.15) is 31.4 Å². The molecule has 1 aliphatic heterocycles. The van der Waals surface area contributed by atoms with Crippen LogP contribution in [0.3, 0.4) is 0 Å². The zero-order chi connectivity index (χ0) is 22.4. The summed E-state index contributed by atoms with van der Waals surface area (Å²) in [6.45, 7) is 6.82. The Morgan fingerprint density at radius 1 is 1.06 bits per heavy atom. The second kappa shape index (κ2) is 7.94. The summed E-state index contributed by atoms with van der Waals surface area (Å²) < 4.78 is 5.27. The van der Waals surface area contributed by atoms with Crippen LogP contribution in [0.5, 0.6) is 0 Å². The minimum absolute atomic E-state index is 0.0726. The number of hydrogen-bond acceptors (Lipinski definition) is 5. The van der Waals surface area contributed by atoms with Gasteiger partial charge in [0.15, 0.2) is 6.61 Å². The van der Waals surface area contributed by atoms with Crippen molar-refractivity contribution >= 4 is 29.4 Å². The molecule has 1 aromatic rings. The van der Waals surface area contributed by atoms with Gasteiger partial charge in [-0.25, -0.2) is 4.79 Å². The normalized spacial score (nSPS) is 27.1. The van der Waals surface area contributed by atoms with E-state index in [2.05, 4.69) is 5.32 Å². The Morgan fingerprint density at radius 2 is 1.61 bits per heavy atom. The molecule has 2 bridgehead atoms. The molecule has 2 aliphatic carbocycles. The molecule has 1 N–H and O–H groups in total. The topological polar surface area (TPSA) is 92.8 Å². The Hall–Kier alpha value is -2.96. The second-order valence-electron chi connectivity index (χ2n) is 9.16. The van der Waals surface area contributed by atoms with Gasteiger partial charge in [0.05, 0.1) is 11.8 Å². The van der Waals surface area contributed by atoms with Crippen LogP contribution in [0.2, 0.25) is 0 Å². The Bertz CT molecular complexity index is 932. The summed E-state index contributed by atoms with van der Waals surface area (Å²) in [4.78, 5) is 52.5. The Morgan fingerprint density at radius 3 is 2.13 bits per heavy atom. The fraction of sp³-hybridized carbons (Fsp3) is 0.500. The van der Waals surface area contributed by atoms with E-state index < -0.39 is 24.5 Å². The zero-order valence-electron chi connectivity index (χ0n) is 18.3. The van der Waals surface area contributed by atoms with Crippen molar-refractivity contribution < 1.29 is 23.9 Å². The summed E-state index contributed by atoms with van der Waals surface area (Å²) in [5, 5.41) is 2.77. The molecule has 0 unspecified atom stereocenters. The van der Waals surface area contributed by atoms with Crippen LogP contribution in [0.15, 0.2) is 30.4 Å². The largest absolute Gasteiger partial charge is 0.454 e. The number of nitrogens with one attached hydrogen (secondary N) is 1. The van der Waals surface area contributed by atoms with Gasteiger partial charge in [0.1, 0.15) is 6.04 Å². The first-order chi connectivity index (χ1) is 14.7. The lowest BCUT2D eigenvalue weighted by molar-refractivity contribution is -0.162. The highest BCUT2D eigenvalue weighted by atomic mass is 16.5. The minimum Gasteiger partial charge on any atom is -0.454 e. The lowest BCUT2D eigenvalue weighted by atomic mass is 9.85. The zero-order valence-corrected chi connectivity index (χ0v) is 18.3. The van der Waals surface area contributed by atoms with Crippen molar-refractivity contribution in [2.45, 2.75) is 40.2 Å². The second-order valence-corrected chi connectivity index (χ2v) is 9.16. The van der Waals surface area contributed by atoms with Crippen molar-refractivity contribution in [1.29, 1.82) is 0 Å². The van der Waals surface area contributed by atoms with Crippen molar-refractivity contribution in [3.63, 3.8) is 0 Å². The van der Waals surface area contributed by atoms with Gasteiger partial charge in [-0.05, 0) is 49.1 Å². The number of amides is 3. The van der Waals surface area contributed by atoms with Gasteiger partial charge in [-0.15, -0.1) is 0 Å². The quantitative estimate of drug-likeness (QED) is 0.431. The number of nitrogens with zero attached hydrogens (tertiary/aromatic N) is 1. The van der Waals surface area contributed by atoms with Gasteiger partial charge in [0, 0.05) is 5.69 Å². The number of hydrogen-bond donors (Lipinski definition) is 1. The number of imide groups is 1. The first-order valence-electron chi connectivity index (χ1n) is 10.8. The number of carbonyl (C=O) groups is 4. The Labute approximate surface area is 181 Å². The van der Waals surface area contributed by atoms with E-state index in [9.17, 15) is 19.2 Å². The van der Waals surface area contributed by atoms with Crippen LogP contribution in [0.25, 0.3) is 0 Å². The number of allylic oxidation sites excluding steroid dienone is 2. The van der Waals surface area contributed by atoms with Crippen molar-refractivity contribution in [3.8, 4) is 0 Å². The van der Waals surface area contributed by atoms with Crippen LogP contribution in [0, 0.1) is 43.4 Å². The fourth-order valence-corrected chi connectivity index (χ4v) is 5.28. The number of esters is 1. The predicted octanol–water partition coefficient (Wildman–Crippen LogP) is 2.62. The molecule has 1 saturated carbocycles. The molecule has 5 atom stereocenters. The molecular weight excluding hydrogens is 396 g/mol. The van der Waals surface area contributed by atoms with Gasteiger partial charge in [-0.2, -0.15) is 0 Å². The van der Waals surface area contributed by atoms with E-state index in [1.54, 1.807) is 13.8 Å². The van der Waals surface area contributed by atoms with Gasteiger partial charge in [0.25, 0.3) is 5.91 Å². The summed E-state index contributed by atoms with van der Waals surface area (Å²) in [6.07, 6.45) is 4.86. The van der Waals surface area contributed by atoms with Crippen LogP contribution < -0.4 is 5.32 Å². The molecule has 164 valence electrons. The van der Waals surface area contributed by atoms with E-state index in [1.807, 2.05) is 44.2 Å². The number of anilines is 1. The summed E-state index contributed by atoms with van der Waals surface area (Å²) in [6, 6.07) is 4.63. The first-order valence-corrected chi connectivity index (χ1v) is 10.8. The molecule has 0 spiro atoms. The summed E-state index contributed by atoms with van der Waals surface area (Å²) in [5.41, 5.74) is 2.50. The average molecular weight is 424 g/mol. The number of fused-ring (bicyclic) bond motifs is 5. The summed E-state index contributed by atoms with van der Waals surface area (Å²) >= 11 is 0. The standard InChI is InChI=1S/C24H28N2O5/c1-12(2)21(26-22(28)18-15-8-9-16(10-15)19(18)23(26)29)24(30)31-11-17(27)25-20-13(3)6-5-7-14(20)4/h5-9,12,15-16,18-19,21H,10-11H2,1-4H3,(H,25,27)/t15-,16-,18+,19+,21-/m0/s1. The number of ether oxygens (including phenoxy) is 1. The molecule has 1 heterocycles. The van der Waals surface area contributed by atoms with Crippen LogP contribution in [-0.4, -0.2) is 41.2 Å². The van der Waals surface area contributed by atoms with Crippen molar-refractivity contribution in [1.82, 2.24) is 4.90 Å². The van der Waals surface area contributed by atoms with Crippen molar-refractivity contribution in [3.05, 3.63) is 41.5 Å². The highest BCUT2D eigenvalue weighted by molar-refractivity contribution is 6.09. The molecule has 0 radical (unpaired) electrons. The Balaban J connectivity index is 1.43. The third-order valence-electron chi connectivity index (χ3n) is 6.75.